The standard InChI is InChI=1S/C14H22N4O3/c1-4-15-11-6-7-13(18(20)21)12(10-11)14(19)16-8-9-17(3)5-2/h6-7,10,15H,4-5,8-9H2,1-3H3,(H,16,19). The SMILES string of the molecule is CCNc1ccc([N+](=O)[O-])c(C(=O)NCCN(C)CC)c1. The molecule has 7 heteroatoms. The molecule has 0 atom stereocenters. The second-order valence-corrected chi connectivity index (χ2v) is 4.67. The molecule has 0 aliphatic rings. The Balaban J connectivity index is 2.84. The molecular weight excluding hydrogens is 272 g/mol. The van der Waals surface area contributed by atoms with Gasteiger partial charge in [-0.05, 0) is 32.6 Å². The number of nitrogens with zero attached hydrogens (tertiary/aromatic N) is 2. The first-order valence-electron chi connectivity index (χ1n) is 6.98. The van der Waals surface area contributed by atoms with Crippen LogP contribution in [-0.2, 0) is 0 Å². The van der Waals surface area contributed by atoms with E-state index < -0.39 is 10.8 Å². The average Bonchev–Trinajstić information content (AvgIpc) is 2.46. The number of rotatable bonds is 8. The maximum absolute atomic E-state index is 12.1. The van der Waals surface area contributed by atoms with Crippen LogP contribution in [0, 0.1) is 10.1 Å². The molecule has 7 nitrogen and oxygen atoms in total. The van der Waals surface area contributed by atoms with Gasteiger partial charge in [0.15, 0.2) is 0 Å². The van der Waals surface area contributed by atoms with Gasteiger partial charge < -0.3 is 15.5 Å². The minimum Gasteiger partial charge on any atom is -0.385 e. The number of hydrogen-bond acceptors (Lipinski definition) is 5. The third kappa shape index (κ3) is 5.03. The summed E-state index contributed by atoms with van der Waals surface area (Å²) in [6.45, 7) is 6.65. The molecule has 0 bridgehead atoms. The Kier molecular flexibility index (Phi) is 6.61. The van der Waals surface area contributed by atoms with E-state index in [1.165, 1.54) is 12.1 Å². The predicted octanol–water partition coefficient (Wildman–Crippen LogP) is 1.71. The van der Waals surface area contributed by atoms with Gasteiger partial charge in [-0.3, -0.25) is 14.9 Å². The lowest BCUT2D eigenvalue weighted by Crippen LogP contribution is -2.33. The number of benzene rings is 1. The second kappa shape index (κ2) is 8.21. The van der Waals surface area contributed by atoms with Crippen LogP contribution in [0.25, 0.3) is 0 Å². The first kappa shape index (κ1) is 16.9. The fourth-order valence-corrected chi connectivity index (χ4v) is 1.80. The monoisotopic (exact) mass is 294 g/mol. The second-order valence-electron chi connectivity index (χ2n) is 4.67. The van der Waals surface area contributed by atoms with Gasteiger partial charge in [0.2, 0.25) is 0 Å². The number of hydrogen-bond donors (Lipinski definition) is 2. The van der Waals surface area contributed by atoms with Gasteiger partial charge in [0.25, 0.3) is 11.6 Å². The molecular formula is C14H22N4O3. The van der Waals surface area contributed by atoms with Crippen LogP contribution < -0.4 is 10.6 Å². The molecule has 0 fully saturated rings. The van der Waals surface area contributed by atoms with Crippen molar-refractivity contribution in [1.29, 1.82) is 0 Å². The van der Waals surface area contributed by atoms with Crippen molar-refractivity contribution in [2.45, 2.75) is 13.8 Å². The van der Waals surface area contributed by atoms with E-state index in [1.54, 1.807) is 6.07 Å². The summed E-state index contributed by atoms with van der Waals surface area (Å²) in [4.78, 5) is 24.7. The molecule has 0 spiro atoms. The van der Waals surface area contributed by atoms with Gasteiger partial charge >= 0.3 is 0 Å². The van der Waals surface area contributed by atoms with Crippen LogP contribution in [0.4, 0.5) is 11.4 Å². The number of amides is 1. The molecule has 0 aliphatic heterocycles. The summed E-state index contributed by atoms with van der Waals surface area (Å²) < 4.78 is 0. The van der Waals surface area contributed by atoms with Crippen molar-refractivity contribution in [3.63, 3.8) is 0 Å². The molecule has 21 heavy (non-hydrogen) atoms. The number of carbonyl (C=O) groups excluding carboxylic acids is 1. The van der Waals surface area contributed by atoms with Gasteiger partial charge in [0.1, 0.15) is 5.56 Å². The summed E-state index contributed by atoms with van der Waals surface area (Å²) in [5.41, 5.74) is 0.592. The quantitative estimate of drug-likeness (QED) is 0.563. The molecule has 0 heterocycles. The van der Waals surface area contributed by atoms with Crippen LogP contribution in [0.1, 0.15) is 24.2 Å². The first-order valence-corrected chi connectivity index (χ1v) is 6.98. The number of carbonyl (C=O) groups is 1. The number of nitro groups is 1. The van der Waals surface area contributed by atoms with Crippen molar-refractivity contribution < 1.29 is 9.72 Å². The van der Waals surface area contributed by atoms with E-state index in [9.17, 15) is 14.9 Å². The van der Waals surface area contributed by atoms with E-state index in [-0.39, 0.29) is 11.3 Å². The van der Waals surface area contributed by atoms with Crippen molar-refractivity contribution in [2.75, 3.05) is 38.5 Å². The molecule has 2 N–H and O–H groups in total. The molecule has 0 saturated heterocycles. The van der Waals surface area contributed by atoms with Crippen LogP contribution in [-0.4, -0.2) is 49.0 Å². The van der Waals surface area contributed by atoms with E-state index in [0.29, 0.717) is 25.3 Å². The fraction of sp³-hybridized carbons (Fsp3) is 0.500. The Labute approximate surface area is 124 Å². The molecule has 0 unspecified atom stereocenters. The van der Waals surface area contributed by atoms with Crippen molar-refractivity contribution in [3.05, 3.63) is 33.9 Å². The average molecular weight is 294 g/mol. The minimum atomic E-state index is -0.539. The van der Waals surface area contributed by atoms with Crippen LogP contribution in [0.5, 0.6) is 0 Å². The zero-order chi connectivity index (χ0) is 15.8. The lowest BCUT2D eigenvalue weighted by atomic mass is 10.1. The fourth-order valence-electron chi connectivity index (χ4n) is 1.80. The molecule has 0 radical (unpaired) electrons. The predicted molar refractivity (Wildman–Crippen MR) is 82.8 cm³/mol. The van der Waals surface area contributed by atoms with E-state index in [1.807, 2.05) is 25.8 Å². The number of nitro benzene ring substituents is 1. The topological polar surface area (TPSA) is 87.5 Å². The van der Waals surface area contributed by atoms with Crippen LogP contribution in [0.3, 0.4) is 0 Å². The lowest BCUT2D eigenvalue weighted by molar-refractivity contribution is -0.385. The van der Waals surface area contributed by atoms with E-state index in [0.717, 1.165) is 6.54 Å². The Hall–Kier alpha value is -2.15. The smallest absolute Gasteiger partial charge is 0.282 e. The highest BCUT2D eigenvalue weighted by molar-refractivity contribution is 5.99. The highest BCUT2D eigenvalue weighted by atomic mass is 16.6. The Bertz CT molecular complexity index is 505. The highest BCUT2D eigenvalue weighted by Crippen LogP contribution is 2.22. The summed E-state index contributed by atoms with van der Waals surface area (Å²) >= 11 is 0. The summed E-state index contributed by atoms with van der Waals surface area (Å²) in [5, 5.41) is 16.8. The molecule has 0 saturated carbocycles. The van der Waals surface area contributed by atoms with Gasteiger partial charge in [-0.2, -0.15) is 0 Å². The summed E-state index contributed by atoms with van der Waals surface area (Å²) in [6, 6.07) is 4.47. The zero-order valence-electron chi connectivity index (χ0n) is 12.7. The highest BCUT2D eigenvalue weighted by Gasteiger charge is 2.20. The van der Waals surface area contributed by atoms with E-state index in [2.05, 4.69) is 10.6 Å². The Morgan fingerprint density at radius 2 is 2.10 bits per heavy atom. The van der Waals surface area contributed by atoms with Gasteiger partial charge in [0, 0.05) is 31.4 Å². The Morgan fingerprint density at radius 1 is 1.38 bits per heavy atom. The number of nitrogens with one attached hydrogen (secondary N) is 2. The third-order valence-corrected chi connectivity index (χ3v) is 3.14. The molecule has 0 aromatic heterocycles. The number of anilines is 1. The maximum atomic E-state index is 12.1. The van der Waals surface area contributed by atoms with Crippen molar-refractivity contribution in [2.24, 2.45) is 0 Å². The first-order chi connectivity index (χ1) is 9.99. The summed E-state index contributed by atoms with van der Waals surface area (Å²) in [6.07, 6.45) is 0. The molecule has 0 aliphatic carbocycles. The van der Waals surface area contributed by atoms with Crippen LogP contribution >= 0.6 is 0 Å². The van der Waals surface area contributed by atoms with Gasteiger partial charge in [-0.1, -0.05) is 6.92 Å². The molecule has 1 amide bonds. The van der Waals surface area contributed by atoms with E-state index >= 15 is 0 Å². The minimum absolute atomic E-state index is 0.0811. The van der Waals surface area contributed by atoms with Gasteiger partial charge in [-0.25, -0.2) is 0 Å². The zero-order valence-corrected chi connectivity index (χ0v) is 12.7. The van der Waals surface area contributed by atoms with E-state index in [4.69, 9.17) is 0 Å². The van der Waals surface area contributed by atoms with Gasteiger partial charge in [0.05, 0.1) is 4.92 Å². The van der Waals surface area contributed by atoms with Crippen molar-refractivity contribution in [1.82, 2.24) is 10.2 Å². The molecule has 1 rings (SSSR count). The maximum Gasteiger partial charge on any atom is 0.282 e. The summed E-state index contributed by atoms with van der Waals surface area (Å²) in [7, 11) is 1.94. The molecule has 1 aromatic carbocycles. The lowest BCUT2D eigenvalue weighted by Gasteiger charge is -2.14. The molecule has 116 valence electrons. The van der Waals surface area contributed by atoms with Crippen molar-refractivity contribution in [3.8, 4) is 0 Å². The summed E-state index contributed by atoms with van der Waals surface area (Å²) in [5.74, 6) is -0.425. The van der Waals surface area contributed by atoms with Crippen LogP contribution in [0.15, 0.2) is 18.2 Å². The van der Waals surface area contributed by atoms with Gasteiger partial charge in [-0.15, -0.1) is 0 Å². The third-order valence-electron chi connectivity index (χ3n) is 3.14. The normalized spacial score (nSPS) is 10.5. The van der Waals surface area contributed by atoms with Crippen molar-refractivity contribution >= 4 is 17.3 Å². The van der Waals surface area contributed by atoms with Crippen LogP contribution in [0.2, 0.25) is 0 Å². The number of likely N-dealkylation sites (N-methyl/N-ethyl adjacent to an activating group) is 1. The Morgan fingerprint density at radius 3 is 2.67 bits per heavy atom. The molecule has 1 aromatic rings. The largest absolute Gasteiger partial charge is 0.385 e.